The van der Waals surface area contributed by atoms with Crippen LogP contribution in [0.3, 0.4) is 0 Å². The first kappa shape index (κ1) is 11.4. The Balaban J connectivity index is 1.82. The monoisotopic (exact) mass is 215 g/mol. The lowest BCUT2D eigenvalue weighted by Crippen LogP contribution is -2.27. The molecule has 16 heavy (non-hydrogen) atoms. The Labute approximate surface area is 98.6 Å². The maximum Gasteiger partial charge on any atom is 0.0167 e. The average Bonchev–Trinajstić information content (AvgIpc) is 2.81. The second kappa shape index (κ2) is 5.86. The quantitative estimate of drug-likeness (QED) is 0.809. The van der Waals surface area contributed by atoms with Gasteiger partial charge in [-0.05, 0) is 25.3 Å². The molecule has 1 aromatic carbocycles. The van der Waals surface area contributed by atoms with Gasteiger partial charge in [-0.15, -0.1) is 0 Å². The molecule has 0 unspecified atom stereocenters. The van der Waals surface area contributed by atoms with Gasteiger partial charge >= 0.3 is 0 Å². The summed E-state index contributed by atoms with van der Waals surface area (Å²) in [6.07, 6.45) is 7.79. The summed E-state index contributed by atoms with van der Waals surface area (Å²) in [5, 5.41) is 3.63. The number of nitrogens with one attached hydrogen (secondary N) is 1. The minimum atomic E-state index is 0.763. The van der Waals surface area contributed by atoms with E-state index in [9.17, 15) is 0 Å². The standard InChI is InChI=1S/C15H21N/c1-13(11-14-7-3-2-4-8-14)12-16-15-9-5-6-10-15/h2-4,7-8,11,15-16H,5-6,9-10,12H2,1H3/b13-11-. The van der Waals surface area contributed by atoms with E-state index in [1.54, 1.807) is 0 Å². The summed E-state index contributed by atoms with van der Waals surface area (Å²) in [7, 11) is 0. The molecule has 1 saturated carbocycles. The SMILES string of the molecule is C/C(=C/c1ccccc1)CNC1CCCC1. The first-order valence-corrected chi connectivity index (χ1v) is 6.30. The van der Waals surface area contributed by atoms with E-state index >= 15 is 0 Å². The van der Waals surface area contributed by atoms with Gasteiger partial charge < -0.3 is 5.32 Å². The summed E-state index contributed by atoms with van der Waals surface area (Å²) in [6.45, 7) is 3.23. The number of hydrogen-bond donors (Lipinski definition) is 1. The molecule has 0 amide bonds. The van der Waals surface area contributed by atoms with E-state index in [2.05, 4.69) is 48.6 Å². The van der Waals surface area contributed by atoms with Crippen molar-refractivity contribution in [3.8, 4) is 0 Å². The molecule has 0 aromatic heterocycles. The maximum atomic E-state index is 3.63. The van der Waals surface area contributed by atoms with Gasteiger partial charge in [0.25, 0.3) is 0 Å². The highest BCUT2D eigenvalue weighted by molar-refractivity contribution is 5.52. The summed E-state index contributed by atoms with van der Waals surface area (Å²) < 4.78 is 0. The van der Waals surface area contributed by atoms with Crippen LogP contribution in [0.5, 0.6) is 0 Å². The molecular weight excluding hydrogens is 194 g/mol. The van der Waals surface area contributed by atoms with E-state index < -0.39 is 0 Å². The van der Waals surface area contributed by atoms with Gasteiger partial charge in [-0.1, -0.05) is 54.8 Å². The first-order valence-electron chi connectivity index (χ1n) is 6.30. The first-order chi connectivity index (χ1) is 7.84. The predicted octanol–water partition coefficient (Wildman–Crippen LogP) is 3.62. The summed E-state index contributed by atoms with van der Waals surface area (Å²) in [6, 6.07) is 11.3. The Morgan fingerprint density at radius 2 is 1.94 bits per heavy atom. The Kier molecular flexibility index (Phi) is 4.17. The maximum absolute atomic E-state index is 3.63. The second-order valence-corrected chi connectivity index (χ2v) is 4.76. The zero-order chi connectivity index (χ0) is 11.2. The molecule has 1 N–H and O–H groups in total. The fourth-order valence-electron chi connectivity index (χ4n) is 2.32. The van der Waals surface area contributed by atoms with Crippen molar-refractivity contribution in [3.05, 3.63) is 41.5 Å². The van der Waals surface area contributed by atoms with Crippen LogP contribution in [0.25, 0.3) is 6.08 Å². The molecular formula is C15H21N. The van der Waals surface area contributed by atoms with Gasteiger partial charge in [-0.3, -0.25) is 0 Å². The summed E-state index contributed by atoms with van der Waals surface area (Å²) >= 11 is 0. The summed E-state index contributed by atoms with van der Waals surface area (Å²) in [5.74, 6) is 0. The van der Waals surface area contributed by atoms with Gasteiger partial charge in [0.15, 0.2) is 0 Å². The molecule has 1 aliphatic rings. The van der Waals surface area contributed by atoms with Gasteiger partial charge in [0.2, 0.25) is 0 Å². The molecule has 1 fully saturated rings. The Morgan fingerprint density at radius 3 is 2.62 bits per heavy atom. The van der Waals surface area contributed by atoms with Crippen LogP contribution in [0.1, 0.15) is 38.2 Å². The number of rotatable bonds is 4. The van der Waals surface area contributed by atoms with Crippen molar-refractivity contribution in [2.45, 2.75) is 38.6 Å². The highest BCUT2D eigenvalue weighted by atomic mass is 14.9. The van der Waals surface area contributed by atoms with Gasteiger partial charge in [0.1, 0.15) is 0 Å². The predicted molar refractivity (Wildman–Crippen MR) is 70.4 cm³/mol. The Morgan fingerprint density at radius 1 is 1.25 bits per heavy atom. The van der Waals surface area contributed by atoms with Gasteiger partial charge in [0, 0.05) is 12.6 Å². The third-order valence-electron chi connectivity index (χ3n) is 3.24. The lowest BCUT2D eigenvalue weighted by atomic mass is 10.1. The van der Waals surface area contributed by atoms with Gasteiger partial charge in [-0.25, -0.2) is 0 Å². The van der Waals surface area contributed by atoms with E-state index in [0.29, 0.717) is 0 Å². The Hall–Kier alpha value is -1.08. The number of hydrogen-bond acceptors (Lipinski definition) is 1. The largest absolute Gasteiger partial charge is 0.310 e. The zero-order valence-electron chi connectivity index (χ0n) is 10.1. The van der Waals surface area contributed by atoms with E-state index in [1.807, 2.05) is 0 Å². The second-order valence-electron chi connectivity index (χ2n) is 4.76. The average molecular weight is 215 g/mol. The van der Waals surface area contributed by atoms with Crippen LogP contribution >= 0.6 is 0 Å². The van der Waals surface area contributed by atoms with Crippen molar-refractivity contribution >= 4 is 6.08 Å². The van der Waals surface area contributed by atoms with Crippen molar-refractivity contribution in [1.29, 1.82) is 0 Å². The molecule has 86 valence electrons. The van der Waals surface area contributed by atoms with Crippen LogP contribution < -0.4 is 5.32 Å². The zero-order valence-corrected chi connectivity index (χ0v) is 10.1. The van der Waals surface area contributed by atoms with Gasteiger partial charge in [0.05, 0.1) is 0 Å². The van der Waals surface area contributed by atoms with Crippen molar-refractivity contribution in [3.63, 3.8) is 0 Å². The molecule has 0 bridgehead atoms. The normalized spacial score (nSPS) is 17.9. The molecule has 1 nitrogen and oxygen atoms in total. The van der Waals surface area contributed by atoms with Crippen molar-refractivity contribution in [2.24, 2.45) is 0 Å². The lowest BCUT2D eigenvalue weighted by molar-refractivity contribution is 0.550. The van der Waals surface area contributed by atoms with Crippen molar-refractivity contribution in [1.82, 2.24) is 5.32 Å². The smallest absolute Gasteiger partial charge is 0.0167 e. The lowest BCUT2D eigenvalue weighted by Gasteiger charge is -2.11. The summed E-state index contributed by atoms with van der Waals surface area (Å²) in [5.41, 5.74) is 2.71. The molecule has 1 aliphatic carbocycles. The molecule has 0 radical (unpaired) electrons. The van der Waals surface area contributed by atoms with Gasteiger partial charge in [-0.2, -0.15) is 0 Å². The molecule has 0 aliphatic heterocycles. The molecule has 0 heterocycles. The molecule has 2 rings (SSSR count). The summed E-state index contributed by atoms with van der Waals surface area (Å²) in [4.78, 5) is 0. The van der Waals surface area contributed by atoms with Crippen LogP contribution in [0, 0.1) is 0 Å². The molecule has 0 atom stereocenters. The number of benzene rings is 1. The topological polar surface area (TPSA) is 12.0 Å². The molecule has 0 spiro atoms. The van der Waals surface area contributed by atoms with Crippen LogP contribution in [-0.4, -0.2) is 12.6 Å². The highest BCUT2D eigenvalue weighted by Gasteiger charge is 2.13. The van der Waals surface area contributed by atoms with E-state index in [0.717, 1.165) is 12.6 Å². The molecule has 1 aromatic rings. The molecule has 0 saturated heterocycles. The van der Waals surface area contributed by atoms with Crippen LogP contribution in [0.4, 0.5) is 0 Å². The van der Waals surface area contributed by atoms with Crippen molar-refractivity contribution in [2.75, 3.05) is 6.54 Å². The van der Waals surface area contributed by atoms with Crippen LogP contribution in [0.15, 0.2) is 35.9 Å². The van der Waals surface area contributed by atoms with E-state index in [1.165, 1.54) is 36.8 Å². The fourth-order valence-corrected chi connectivity index (χ4v) is 2.32. The third-order valence-corrected chi connectivity index (χ3v) is 3.24. The Bertz CT molecular complexity index is 334. The highest BCUT2D eigenvalue weighted by Crippen LogP contribution is 2.17. The van der Waals surface area contributed by atoms with E-state index in [-0.39, 0.29) is 0 Å². The minimum absolute atomic E-state index is 0.763. The fraction of sp³-hybridized carbons (Fsp3) is 0.467. The third kappa shape index (κ3) is 3.49. The van der Waals surface area contributed by atoms with E-state index in [4.69, 9.17) is 0 Å². The van der Waals surface area contributed by atoms with Crippen molar-refractivity contribution < 1.29 is 0 Å². The molecule has 1 heteroatoms. The van der Waals surface area contributed by atoms with Crippen LogP contribution in [0.2, 0.25) is 0 Å². The van der Waals surface area contributed by atoms with Crippen LogP contribution in [-0.2, 0) is 0 Å². The minimum Gasteiger partial charge on any atom is -0.310 e.